The van der Waals surface area contributed by atoms with E-state index < -0.39 is 0 Å². The van der Waals surface area contributed by atoms with Crippen molar-refractivity contribution in [1.82, 2.24) is 15.0 Å². The van der Waals surface area contributed by atoms with Crippen LogP contribution in [0, 0.1) is 0 Å². The summed E-state index contributed by atoms with van der Waals surface area (Å²) >= 11 is 0. The minimum atomic E-state index is 0.644. The van der Waals surface area contributed by atoms with E-state index in [1.165, 1.54) is 0 Å². The molecule has 0 N–H and O–H groups in total. The van der Waals surface area contributed by atoms with Gasteiger partial charge in [-0.3, -0.25) is 4.98 Å². The van der Waals surface area contributed by atoms with Crippen LogP contribution in [-0.4, -0.2) is 15.0 Å². The Kier molecular flexibility index (Phi) is 7.42. The Morgan fingerprint density at radius 2 is 0.786 bits per heavy atom. The molecule has 262 valence electrons. The number of rotatable bonds is 6. The van der Waals surface area contributed by atoms with Gasteiger partial charge in [0.25, 0.3) is 0 Å². The standard InChI is InChI=1S/C51H31N3O2/c1-2-9-33(10-3-1)45-30-46(34-18-16-32(17-19-34)37-11-8-24-52-31-37)54-51(53-45)40-26-38(35-20-22-49-43(28-35)41-12-4-6-14-47(41)55-49)25-39(27-40)36-21-23-50-44(29-36)42-13-5-7-15-48(42)56-50/h1-31H. The molecule has 0 saturated carbocycles. The number of hydrogen-bond donors (Lipinski definition) is 0. The number of para-hydroxylation sites is 2. The van der Waals surface area contributed by atoms with E-state index in [4.69, 9.17) is 18.8 Å². The Labute approximate surface area is 322 Å². The summed E-state index contributed by atoms with van der Waals surface area (Å²) < 4.78 is 12.4. The highest BCUT2D eigenvalue weighted by molar-refractivity contribution is 6.07. The van der Waals surface area contributed by atoms with Crippen LogP contribution in [0.4, 0.5) is 0 Å². The largest absolute Gasteiger partial charge is 0.456 e. The number of nitrogens with zero attached hydrogens (tertiary/aromatic N) is 3. The summed E-state index contributed by atoms with van der Waals surface area (Å²) in [5, 5.41) is 4.35. The van der Waals surface area contributed by atoms with Crippen molar-refractivity contribution in [1.29, 1.82) is 0 Å². The van der Waals surface area contributed by atoms with E-state index in [2.05, 4.69) is 132 Å². The van der Waals surface area contributed by atoms with E-state index in [0.29, 0.717) is 5.82 Å². The first-order chi connectivity index (χ1) is 27.7. The van der Waals surface area contributed by atoms with Gasteiger partial charge in [-0.15, -0.1) is 0 Å². The summed E-state index contributed by atoms with van der Waals surface area (Å²) in [4.78, 5) is 14.8. The van der Waals surface area contributed by atoms with Crippen LogP contribution in [0.1, 0.15) is 0 Å². The van der Waals surface area contributed by atoms with E-state index in [-0.39, 0.29) is 0 Å². The minimum absolute atomic E-state index is 0.644. The first-order valence-corrected chi connectivity index (χ1v) is 18.6. The first-order valence-electron chi connectivity index (χ1n) is 18.6. The van der Waals surface area contributed by atoms with Gasteiger partial charge >= 0.3 is 0 Å². The molecule has 0 amide bonds. The molecule has 7 aromatic carbocycles. The van der Waals surface area contributed by atoms with Crippen LogP contribution < -0.4 is 0 Å². The molecular weight excluding hydrogens is 687 g/mol. The van der Waals surface area contributed by atoms with Crippen LogP contribution in [0.3, 0.4) is 0 Å². The van der Waals surface area contributed by atoms with Crippen molar-refractivity contribution in [2.45, 2.75) is 0 Å². The lowest BCUT2D eigenvalue weighted by Crippen LogP contribution is -1.97. The molecule has 0 unspecified atom stereocenters. The average Bonchev–Trinajstić information content (AvgIpc) is 3.84. The maximum Gasteiger partial charge on any atom is 0.160 e. The molecule has 5 heteroatoms. The Morgan fingerprint density at radius 1 is 0.304 bits per heavy atom. The first kappa shape index (κ1) is 31.9. The van der Waals surface area contributed by atoms with Crippen LogP contribution in [-0.2, 0) is 0 Å². The second-order valence-electron chi connectivity index (χ2n) is 14.1. The van der Waals surface area contributed by atoms with Crippen molar-refractivity contribution in [2.75, 3.05) is 0 Å². The zero-order chi connectivity index (χ0) is 37.0. The predicted molar refractivity (Wildman–Crippen MR) is 227 cm³/mol. The van der Waals surface area contributed by atoms with Gasteiger partial charge in [-0.2, -0.15) is 0 Å². The monoisotopic (exact) mass is 717 g/mol. The molecule has 4 aromatic heterocycles. The second kappa shape index (κ2) is 13.0. The molecule has 0 spiro atoms. The van der Waals surface area contributed by atoms with E-state index in [9.17, 15) is 0 Å². The SMILES string of the molecule is c1ccc(-c2cc(-c3ccc(-c4cccnc4)cc3)nc(-c3cc(-c4ccc5oc6ccccc6c5c4)cc(-c4ccc5oc6ccccc6c5c4)c3)n2)cc1. The van der Waals surface area contributed by atoms with Gasteiger partial charge in [-0.05, 0) is 100 Å². The highest BCUT2D eigenvalue weighted by Gasteiger charge is 2.16. The third kappa shape index (κ3) is 5.62. The number of aromatic nitrogens is 3. The van der Waals surface area contributed by atoms with Gasteiger partial charge in [-0.25, -0.2) is 9.97 Å². The number of pyridine rings is 1. The Hall–Kier alpha value is -7.63. The van der Waals surface area contributed by atoms with E-state index in [1.54, 1.807) is 6.20 Å². The molecule has 0 bridgehead atoms. The smallest absolute Gasteiger partial charge is 0.160 e. The maximum atomic E-state index is 6.21. The third-order valence-corrected chi connectivity index (χ3v) is 10.6. The van der Waals surface area contributed by atoms with Crippen LogP contribution in [0.5, 0.6) is 0 Å². The van der Waals surface area contributed by atoms with Gasteiger partial charge in [0, 0.05) is 50.6 Å². The van der Waals surface area contributed by atoms with Crippen molar-refractivity contribution in [3.05, 3.63) is 188 Å². The summed E-state index contributed by atoms with van der Waals surface area (Å²) in [6.07, 6.45) is 3.68. The van der Waals surface area contributed by atoms with Gasteiger partial charge in [0.2, 0.25) is 0 Å². The van der Waals surface area contributed by atoms with Crippen molar-refractivity contribution < 1.29 is 8.83 Å². The molecule has 0 aliphatic carbocycles. The zero-order valence-corrected chi connectivity index (χ0v) is 30.1. The molecule has 0 radical (unpaired) electrons. The minimum Gasteiger partial charge on any atom is -0.456 e. The quantitative estimate of drug-likeness (QED) is 0.171. The molecule has 56 heavy (non-hydrogen) atoms. The second-order valence-corrected chi connectivity index (χ2v) is 14.1. The molecule has 0 saturated heterocycles. The van der Waals surface area contributed by atoms with Gasteiger partial charge in [0.05, 0.1) is 11.4 Å². The zero-order valence-electron chi connectivity index (χ0n) is 30.1. The Morgan fingerprint density at radius 3 is 1.38 bits per heavy atom. The van der Waals surface area contributed by atoms with Crippen molar-refractivity contribution in [3.8, 4) is 67.3 Å². The van der Waals surface area contributed by atoms with Crippen LogP contribution >= 0.6 is 0 Å². The lowest BCUT2D eigenvalue weighted by atomic mass is 9.94. The maximum absolute atomic E-state index is 6.21. The molecule has 0 aliphatic heterocycles. The molecule has 11 rings (SSSR count). The topological polar surface area (TPSA) is 65.0 Å². The van der Waals surface area contributed by atoms with Crippen molar-refractivity contribution in [3.63, 3.8) is 0 Å². The molecule has 0 aliphatic rings. The molecule has 5 nitrogen and oxygen atoms in total. The van der Waals surface area contributed by atoms with Crippen molar-refractivity contribution >= 4 is 43.9 Å². The van der Waals surface area contributed by atoms with E-state index in [1.807, 2.05) is 54.7 Å². The summed E-state index contributed by atoms with van der Waals surface area (Å²) in [6, 6.07) is 60.9. The molecule has 0 atom stereocenters. The molecule has 11 aromatic rings. The van der Waals surface area contributed by atoms with Crippen LogP contribution in [0.25, 0.3) is 111 Å². The number of benzene rings is 7. The summed E-state index contributed by atoms with van der Waals surface area (Å²) in [5.74, 6) is 0.644. The van der Waals surface area contributed by atoms with Crippen molar-refractivity contribution in [2.24, 2.45) is 0 Å². The lowest BCUT2D eigenvalue weighted by molar-refractivity contribution is 0.668. The summed E-state index contributed by atoms with van der Waals surface area (Å²) in [7, 11) is 0. The molecular formula is C51H31N3O2. The third-order valence-electron chi connectivity index (χ3n) is 10.6. The predicted octanol–water partition coefficient (Wildman–Crippen LogP) is 13.7. The fourth-order valence-corrected chi connectivity index (χ4v) is 7.75. The fourth-order valence-electron chi connectivity index (χ4n) is 7.75. The van der Waals surface area contributed by atoms with Gasteiger partial charge in [0.15, 0.2) is 5.82 Å². The van der Waals surface area contributed by atoms with Gasteiger partial charge < -0.3 is 8.83 Å². The Bertz CT molecular complexity index is 3110. The fraction of sp³-hybridized carbons (Fsp3) is 0. The van der Waals surface area contributed by atoms with Gasteiger partial charge in [0.1, 0.15) is 22.3 Å². The molecule has 4 heterocycles. The summed E-state index contributed by atoms with van der Waals surface area (Å²) in [6.45, 7) is 0. The van der Waals surface area contributed by atoms with Crippen LogP contribution in [0.15, 0.2) is 197 Å². The normalized spacial score (nSPS) is 11.6. The molecule has 0 fully saturated rings. The van der Waals surface area contributed by atoms with E-state index >= 15 is 0 Å². The summed E-state index contributed by atoms with van der Waals surface area (Å²) in [5.41, 5.74) is 14.5. The van der Waals surface area contributed by atoms with Crippen LogP contribution in [0.2, 0.25) is 0 Å². The number of furan rings is 2. The average molecular weight is 718 g/mol. The lowest BCUT2D eigenvalue weighted by Gasteiger charge is -2.13. The van der Waals surface area contributed by atoms with E-state index in [0.717, 1.165) is 105 Å². The number of fused-ring (bicyclic) bond motifs is 6. The number of hydrogen-bond acceptors (Lipinski definition) is 5. The highest BCUT2D eigenvalue weighted by atomic mass is 16.3. The van der Waals surface area contributed by atoms with Gasteiger partial charge in [-0.1, -0.05) is 109 Å². The highest BCUT2D eigenvalue weighted by Crippen LogP contribution is 2.39. The Balaban J connectivity index is 1.11.